The number of aliphatic hydroxyl groups is 1. The number of phosphoric ester groups is 2. The Hall–Kier alpha value is -1.94. The summed E-state index contributed by atoms with van der Waals surface area (Å²) in [5.41, 5.74) is 0. The summed E-state index contributed by atoms with van der Waals surface area (Å²) in [6, 6.07) is 0. The number of phosphoric acid groups is 2. The lowest BCUT2D eigenvalue weighted by Crippen LogP contribution is -2.30. The smallest absolute Gasteiger partial charge is 0.462 e. The quantitative estimate of drug-likeness (QED) is 0.0222. The molecule has 0 spiro atoms. The molecule has 0 aromatic heterocycles. The van der Waals surface area contributed by atoms with Crippen molar-refractivity contribution in [1.82, 2.24) is 0 Å². The number of aliphatic hydroxyl groups excluding tert-OH is 1. The molecule has 0 bridgehead atoms. The van der Waals surface area contributed by atoms with Crippen molar-refractivity contribution in [2.45, 2.75) is 465 Å². The van der Waals surface area contributed by atoms with Crippen molar-refractivity contribution in [2.24, 2.45) is 17.8 Å². The van der Waals surface area contributed by atoms with Gasteiger partial charge in [0.1, 0.15) is 19.3 Å². The highest BCUT2D eigenvalue weighted by atomic mass is 31.2. The van der Waals surface area contributed by atoms with Gasteiger partial charge in [0.25, 0.3) is 0 Å². The summed E-state index contributed by atoms with van der Waals surface area (Å²) in [7, 11) is -9.93. The van der Waals surface area contributed by atoms with Crippen LogP contribution < -0.4 is 0 Å². The van der Waals surface area contributed by atoms with E-state index in [0.717, 1.165) is 108 Å². The molecule has 0 saturated carbocycles. The second-order valence-electron chi connectivity index (χ2n) is 32.0. The zero-order valence-electron chi connectivity index (χ0n) is 68.5. The largest absolute Gasteiger partial charge is 0.472 e. The predicted molar refractivity (Wildman–Crippen MR) is 428 cm³/mol. The maximum absolute atomic E-state index is 13.1. The average Bonchev–Trinajstić information content (AvgIpc) is 0.912. The van der Waals surface area contributed by atoms with Crippen LogP contribution in [0.4, 0.5) is 0 Å². The molecule has 0 radical (unpaired) electrons. The first-order valence-electron chi connectivity index (χ1n) is 43.8. The van der Waals surface area contributed by atoms with Crippen LogP contribution in [-0.4, -0.2) is 96.7 Å². The molecule has 19 heteroatoms. The fourth-order valence-corrected chi connectivity index (χ4v) is 14.8. The molecule has 5 atom stereocenters. The minimum Gasteiger partial charge on any atom is -0.462 e. The van der Waals surface area contributed by atoms with Crippen molar-refractivity contribution in [2.75, 3.05) is 39.6 Å². The molecule has 104 heavy (non-hydrogen) atoms. The van der Waals surface area contributed by atoms with E-state index in [1.54, 1.807) is 0 Å². The van der Waals surface area contributed by atoms with Crippen LogP contribution in [0.1, 0.15) is 447 Å². The maximum Gasteiger partial charge on any atom is 0.472 e. The van der Waals surface area contributed by atoms with Crippen LogP contribution in [0.2, 0.25) is 0 Å². The standard InChI is InChI=1S/C85H166O17P2/c1-8-9-10-11-12-13-14-22-31-38-45-52-59-66-82(87)95-73-81(102-85(90)69-62-55-48-41-34-27-30-37-44-51-58-65-78(6)7)75-100-104(93,94)98-71-79(86)70-97-103(91,92)99-74-80(72-96-83(88)67-60-53-46-39-32-26-21-24-29-36-43-50-57-64-77(4)5)101-84(89)68-61-54-47-40-33-25-20-18-16-15-17-19-23-28-35-42-49-56-63-76(2)3/h76-81,86H,8-75H2,1-7H3,(H,91,92)(H,93,94)/t79-,80-,81-/m1/s1. The molecule has 0 rings (SSSR count). The lowest BCUT2D eigenvalue weighted by atomic mass is 10.0. The molecular formula is C85H166O17P2. The number of ether oxygens (including phenoxy) is 4. The molecule has 0 amide bonds. The minimum atomic E-state index is -4.97. The zero-order chi connectivity index (χ0) is 76.5. The first-order valence-corrected chi connectivity index (χ1v) is 46.8. The van der Waals surface area contributed by atoms with Gasteiger partial charge in [-0.1, -0.05) is 395 Å². The van der Waals surface area contributed by atoms with Gasteiger partial charge in [-0.2, -0.15) is 0 Å². The average molecular weight is 1520 g/mol. The van der Waals surface area contributed by atoms with Crippen molar-refractivity contribution in [3.63, 3.8) is 0 Å². The predicted octanol–water partition coefficient (Wildman–Crippen LogP) is 25.7. The van der Waals surface area contributed by atoms with E-state index in [1.165, 1.54) is 257 Å². The van der Waals surface area contributed by atoms with Crippen LogP contribution in [0, 0.1) is 17.8 Å². The van der Waals surface area contributed by atoms with Gasteiger partial charge < -0.3 is 33.8 Å². The van der Waals surface area contributed by atoms with Gasteiger partial charge in [0.2, 0.25) is 0 Å². The van der Waals surface area contributed by atoms with E-state index in [-0.39, 0.29) is 25.7 Å². The van der Waals surface area contributed by atoms with Crippen molar-refractivity contribution in [3.8, 4) is 0 Å². The normalized spacial score (nSPS) is 13.9. The first kappa shape index (κ1) is 102. The molecule has 2 unspecified atom stereocenters. The molecule has 0 fully saturated rings. The van der Waals surface area contributed by atoms with Crippen LogP contribution in [0.3, 0.4) is 0 Å². The van der Waals surface area contributed by atoms with E-state index in [2.05, 4.69) is 48.5 Å². The van der Waals surface area contributed by atoms with E-state index in [1.807, 2.05) is 0 Å². The third kappa shape index (κ3) is 78.2. The lowest BCUT2D eigenvalue weighted by Gasteiger charge is -2.21. The van der Waals surface area contributed by atoms with E-state index in [4.69, 9.17) is 37.0 Å². The van der Waals surface area contributed by atoms with Crippen molar-refractivity contribution < 1.29 is 80.2 Å². The summed E-state index contributed by atoms with van der Waals surface area (Å²) < 4.78 is 68.9. The fourth-order valence-electron chi connectivity index (χ4n) is 13.2. The van der Waals surface area contributed by atoms with Crippen molar-refractivity contribution >= 4 is 39.5 Å². The number of rotatable bonds is 83. The van der Waals surface area contributed by atoms with Crippen molar-refractivity contribution in [1.29, 1.82) is 0 Å². The summed E-state index contributed by atoms with van der Waals surface area (Å²) in [4.78, 5) is 73.2. The van der Waals surface area contributed by atoms with E-state index < -0.39 is 97.5 Å². The molecule has 0 heterocycles. The zero-order valence-corrected chi connectivity index (χ0v) is 70.3. The lowest BCUT2D eigenvalue weighted by molar-refractivity contribution is -0.161. The minimum absolute atomic E-state index is 0.107. The number of carbonyl (C=O) groups excluding carboxylic acids is 4. The topological polar surface area (TPSA) is 237 Å². The summed E-state index contributed by atoms with van der Waals surface area (Å²) >= 11 is 0. The monoisotopic (exact) mass is 1520 g/mol. The molecule has 0 aliphatic heterocycles. The van der Waals surface area contributed by atoms with Gasteiger partial charge in [-0.15, -0.1) is 0 Å². The molecule has 17 nitrogen and oxygen atoms in total. The highest BCUT2D eigenvalue weighted by molar-refractivity contribution is 7.47. The number of esters is 4. The van der Waals surface area contributed by atoms with Gasteiger partial charge in [0.05, 0.1) is 26.4 Å². The highest BCUT2D eigenvalue weighted by Gasteiger charge is 2.30. The number of hydrogen-bond acceptors (Lipinski definition) is 15. The van der Waals surface area contributed by atoms with Crippen LogP contribution in [0.25, 0.3) is 0 Å². The maximum atomic E-state index is 13.1. The second kappa shape index (κ2) is 75.1. The molecule has 0 aromatic rings. The Bertz CT molecular complexity index is 2010. The molecular weight excluding hydrogens is 1350 g/mol. The van der Waals surface area contributed by atoms with Gasteiger partial charge in [0.15, 0.2) is 12.2 Å². The van der Waals surface area contributed by atoms with Gasteiger partial charge in [-0.25, -0.2) is 9.13 Å². The molecule has 0 aliphatic rings. The number of unbranched alkanes of at least 4 members (excludes halogenated alkanes) is 51. The number of hydrogen-bond donors (Lipinski definition) is 3. The van der Waals surface area contributed by atoms with Gasteiger partial charge in [0, 0.05) is 25.7 Å². The Balaban J connectivity index is 5.25. The summed E-state index contributed by atoms with van der Waals surface area (Å²) in [6.07, 6.45) is 65.1. The summed E-state index contributed by atoms with van der Waals surface area (Å²) in [6.45, 7) is 12.0. The third-order valence-electron chi connectivity index (χ3n) is 19.9. The summed E-state index contributed by atoms with van der Waals surface area (Å²) in [5.74, 6) is 0.273. The summed E-state index contributed by atoms with van der Waals surface area (Å²) in [5, 5.41) is 10.7. The molecule has 0 aliphatic carbocycles. The van der Waals surface area contributed by atoms with Gasteiger partial charge in [-0.05, 0) is 43.4 Å². The van der Waals surface area contributed by atoms with E-state index in [9.17, 15) is 43.2 Å². The van der Waals surface area contributed by atoms with Crippen LogP contribution in [0.15, 0.2) is 0 Å². The third-order valence-corrected chi connectivity index (χ3v) is 21.8. The Labute approximate surface area is 638 Å². The SMILES string of the molecule is CCCCCCCCCCCCCCCC(=O)OC[C@H](COP(=O)(O)OC[C@H](O)COP(=O)(O)OC[C@@H](COC(=O)CCCCCCCCCCCCCCCC(C)C)OC(=O)CCCCCCCCCCCCCCCCCCCCC(C)C)OC(=O)CCCCCCCCCCCCCC(C)C. The fraction of sp³-hybridized carbons (Fsp3) is 0.953. The highest BCUT2D eigenvalue weighted by Crippen LogP contribution is 2.45. The molecule has 0 aromatic carbocycles. The van der Waals surface area contributed by atoms with Gasteiger partial charge in [-0.3, -0.25) is 37.3 Å². The second-order valence-corrected chi connectivity index (χ2v) is 34.9. The van der Waals surface area contributed by atoms with Crippen LogP contribution in [0.5, 0.6) is 0 Å². The Morgan fingerprint density at radius 2 is 0.442 bits per heavy atom. The Kier molecular flexibility index (Phi) is 73.7. The van der Waals surface area contributed by atoms with Crippen molar-refractivity contribution in [3.05, 3.63) is 0 Å². The Morgan fingerprint density at radius 1 is 0.260 bits per heavy atom. The molecule has 3 N–H and O–H groups in total. The molecule has 618 valence electrons. The van der Waals surface area contributed by atoms with Gasteiger partial charge >= 0.3 is 39.5 Å². The number of carbonyl (C=O) groups is 4. The first-order chi connectivity index (χ1) is 50.2. The van der Waals surface area contributed by atoms with E-state index >= 15 is 0 Å². The molecule has 0 saturated heterocycles. The van der Waals surface area contributed by atoms with Crippen LogP contribution in [-0.2, 0) is 65.4 Å². The van der Waals surface area contributed by atoms with Crippen LogP contribution >= 0.6 is 15.6 Å². The van der Waals surface area contributed by atoms with E-state index in [0.29, 0.717) is 25.7 Å². The Morgan fingerprint density at radius 3 is 0.654 bits per heavy atom.